The monoisotopic (exact) mass is 262 g/mol. The third-order valence-electron chi connectivity index (χ3n) is 3.10. The number of aryl methyl sites for hydroxylation is 2. The molecule has 0 fully saturated rings. The van der Waals surface area contributed by atoms with Gasteiger partial charge in [0.1, 0.15) is 0 Å². The average molecular weight is 262 g/mol. The van der Waals surface area contributed by atoms with Crippen LogP contribution in [0.5, 0.6) is 0 Å². The smallest absolute Gasteiger partial charge is 0.0879 e. The van der Waals surface area contributed by atoms with Gasteiger partial charge in [0.2, 0.25) is 0 Å². The maximum absolute atomic E-state index is 10.4. The maximum atomic E-state index is 10.4. The largest absolute Gasteiger partial charge is 0.388 e. The Morgan fingerprint density at radius 1 is 1.21 bits per heavy atom. The van der Waals surface area contributed by atoms with Gasteiger partial charge in [-0.15, -0.1) is 0 Å². The van der Waals surface area contributed by atoms with Crippen molar-refractivity contribution < 1.29 is 5.11 Å². The third kappa shape index (κ3) is 3.04. The van der Waals surface area contributed by atoms with Gasteiger partial charge in [-0.1, -0.05) is 20.8 Å². The van der Waals surface area contributed by atoms with E-state index in [1.54, 1.807) is 9.36 Å². The van der Waals surface area contributed by atoms with Gasteiger partial charge in [0, 0.05) is 43.9 Å². The van der Waals surface area contributed by atoms with Crippen molar-refractivity contribution in [2.45, 2.75) is 38.7 Å². The Morgan fingerprint density at radius 3 is 2.42 bits per heavy atom. The molecule has 0 aliphatic heterocycles. The fourth-order valence-electron chi connectivity index (χ4n) is 2.21. The normalized spacial score (nSPS) is 13.8. The highest BCUT2D eigenvalue weighted by Gasteiger charge is 2.26. The van der Waals surface area contributed by atoms with E-state index in [1.165, 1.54) is 0 Å². The molecule has 2 aromatic rings. The fraction of sp³-hybridized carbons (Fsp3) is 0.571. The average Bonchev–Trinajstić information content (AvgIpc) is 2.84. The zero-order valence-corrected chi connectivity index (χ0v) is 12.3. The first-order chi connectivity index (χ1) is 8.77. The van der Waals surface area contributed by atoms with Gasteiger partial charge in [0.15, 0.2) is 0 Å². The molecule has 1 unspecified atom stereocenters. The second-order valence-electron chi connectivity index (χ2n) is 6.06. The van der Waals surface area contributed by atoms with Crippen molar-refractivity contribution in [1.82, 2.24) is 19.6 Å². The molecule has 0 spiro atoms. The van der Waals surface area contributed by atoms with Crippen molar-refractivity contribution in [3.05, 3.63) is 35.4 Å². The van der Waals surface area contributed by atoms with E-state index in [0.29, 0.717) is 6.42 Å². The summed E-state index contributed by atoms with van der Waals surface area (Å²) < 4.78 is 3.51. The topological polar surface area (TPSA) is 55.9 Å². The molecule has 2 rings (SSSR count). The summed E-state index contributed by atoms with van der Waals surface area (Å²) in [5.41, 5.74) is 2.64. The van der Waals surface area contributed by atoms with Crippen LogP contribution in [0.2, 0.25) is 0 Å². The highest BCUT2D eigenvalue weighted by atomic mass is 16.3. The molecule has 0 radical (unpaired) electrons. The number of rotatable bonds is 3. The van der Waals surface area contributed by atoms with Crippen LogP contribution in [0.15, 0.2) is 18.5 Å². The zero-order valence-electron chi connectivity index (χ0n) is 12.3. The minimum Gasteiger partial charge on any atom is -0.388 e. The molecule has 0 saturated carbocycles. The van der Waals surface area contributed by atoms with Gasteiger partial charge in [-0.25, -0.2) is 0 Å². The van der Waals surface area contributed by atoms with Crippen molar-refractivity contribution in [2.75, 3.05) is 0 Å². The Bertz CT molecular complexity index is 562. The molecule has 0 aromatic carbocycles. The fourth-order valence-corrected chi connectivity index (χ4v) is 2.21. The van der Waals surface area contributed by atoms with E-state index in [0.717, 1.165) is 17.0 Å². The van der Waals surface area contributed by atoms with E-state index in [9.17, 15) is 5.11 Å². The Labute approximate surface area is 113 Å². The van der Waals surface area contributed by atoms with Gasteiger partial charge in [-0.3, -0.25) is 9.36 Å². The second-order valence-corrected chi connectivity index (χ2v) is 6.06. The van der Waals surface area contributed by atoms with E-state index < -0.39 is 6.10 Å². The minimum atomic E-state index is -0.571. The van der Waals surface area contributed by atoms with Crippen LogP contribution in [0.3, 0.4) is 0 Å². The maximum Gasteiger partial charge on any atom is 0.0879 e. The Hall–Kier alpha value is -1.62. The summed E-state index contributed by atoms with van der Waals surface area (Å²) in [5.74, 6) is 0. The van der Waals surface area contributed by atoms with Gasteiger partial charge in [0.05, 0.1) is 17.5 Å². The molecule has 0 bridgehead atoms. The van der Waals surface area contributed by atoms with E-state index in [4.69, 9.17) is 0 Å². The number of nitrogens with zero attached hydrogens (tertiary/aromatic N) is 4. The predicted molar refractivity (Wildman–Crippen MR) is 73.8 cm³/mol. The molecule has 0 aliphatic carbocycles. The van der Waals surface area contributed by atoms with E-state index in [-0.39, 0.29) is 5.41 Å². The molecule has 1 N–H and O–H groups in total. The van der Waals surface area contributed by atoms with E-state index in [2.05, 4.69) is 31.0 Å². The van der Waals surface area contributed by atoms with Gasteiger partial charge in [-0.2, -0.15) is 10.2 Å². The number of hydrogen-bond donors (Lipinski definition) is 1. The predicted octanol–water partition coefficient (Wildman–Crippen LogP) is 1.73. The van der Waals surface area contributed by atoms with E-state index in [1.807, 2.05) is 32.6 Å². The molecule has 2 aromatic heterocycles. The van der Waals surface area contributed by atoms with Crippen LogP contribution in [0.25, 0.3) is 0 Å². The first-order valence-electron chi connectivity index (χ1n) is 6.48. The number of aromatic nitrogens is 4. The van der Waals surface area contributed by atoms with Crippen LogP contribution in [-0.2, 0) is 25.9 Å². The lowest BCUT2D eigenvalue weighted by Gasteiger charge is -2.19. The SMILES string of the molecule is Cn1ccc(CC(O)c2cn(C)nc2C(C)(C)C)n1. The molecule has 1 atom stereocenters. The summed E-state index contributed by atoms with van der Waals surface area (Å²) in [4.78, 5) is 0. The molecule has 0 amide bonds. The summed E-state index contributed by atoms with van der Waals surface area (Å²) in [6.07, 6.45) is 3.72. The molecule has 19 heavy (non-hydrogen) atoms. The molecule has 0 aliphatic rings. The summed E-state index contributed by atoms with van der Waals surface area (Å²) in [6, 6.07) is 1.93. The zero-order chi connectivity index (χ0) is 14.2. The number of hydrogen-bond acceptors (Lipinski definition) is 3. The van der Waals surface area contributed by atoms with Gasteiger partial charge in [0.25, 0.3) is 0 Å². The number of aliphatic hydroxyl groups is 1. The lowest BCUT2D eigenvalue weighted by molar-refractivity contribution is 0.174. The standard InChI is InChI=1S/C14H22N4O/c1-14(2,3)13-11(9-18(5)16-13)12(19)8-10-6-7-17(4)15-10/h6-7,9,12,19H,8H2,1-5H3. The van der Waals surface area contributed by atoms with Crippen LogP contribution in [0, 0.1) is 0 Å². The van der Waals surface area contributed by atoms with Gasteiger partial charge in [-0.05, 0) is 6.07 Å². The Morgan fingerprint density at radius 2 is 1.89 bits per heavy atom. The first-order valence-corrected chi connectivity index (χ1v) is 6.48. The van der Waals surface area contributed by atoms with E-state index >= 15 is 0 Å². The molecule has 0 saturated heterocycles. The summed E-state index contributed by atoms with van der Waals surface area (Å²) in [6.45, 7) is 6.31. The van der Waals surface area contributed by atoms with Gasteiger partial charge >= 0.3 is 0 Å². The summed E-state index contributed by atoms with van der Waals surface area (Å²) >= 11 is 0. The summed E-state index contributed by atoms with van der Waals surface area (Å²) in [5, 5.41) is 19.2. The van der Waals surface area contributed by atoms with Crippen LogP contribution in [0.4, 0.5) is 0 Å². The first kappa shape index (κ1) is 13.8. The van der Waals surface area contributed by atoms with Crippen LogP contribution >= 0.6 is 0 Å². The van der Waals surface area contributed by atoms with Crippen LogP contribution < -0.4 is 0 Å². The lowest BCUT2D eigenvalue weighted by Crippen LogP contribution is -2.17. The second kappa shape index (κ2) is 4.81. The molecule has 5 heteroatoms. The van der Waals surface area contributed by atoms with Gasteiger partial charge < -0.3 is 5.11 Å². The third-order valence-corrected chi connectivity index (χ3v) is 3.10. The number of aliphatic hydroxyl groups excluding tert-OH is 1. The highest BCUT2D eigenvalue weighted by Crippen LogP contribution is 2.29. The van der Waals surface area contributed by atoms with Crippen molar-refractivity contribution in [2.24, 2.45) is 14.1 Å². The minimum absolute atomic E-state index is 0.0817. The van der Waals surface area contributed by atoms with Crippen molar-refractivity contribution >= 4 is 0 Å². The molecule has 104 valence electrons. The molecular formula is C14H22N4O. The van der Waals surface area contributed by atoms with Crippen LogP contribution in [0.1, 0.15) is 43.8 Å². The van der Waals surface area contributed by atoms with Crippen molar-refractivity contribution in [3.8, 4) is 0 Å². The molecule has 2 heterocycles. The molecule has 5 nitrogen and oxygen atoms in total. The Kier molecular flexibility index (Phi) is 3.49. The molecular weight excluding hydrogens is 240 g/mol. The Balaban J connectivity index is 2.26. The highest BCUT2D eigenvalue weighted by molar-refractivity contribution is 5.27. The van der Waals surface area contributed by atoms with Crippen LogP contribution in [-0.4, -0.2) is 24.7 Å². The summed E-state index contributed by atoms with van der Waals surface area (Å²) in [7, 11) is 3.76. The quantitative estimate of drug-likeness (QED) is 0.916. The van der Waals surface area contributed by atoms with Crippen molar-refractivity contribution in [1.29, 1.82) is 0 Å². The lowest BCUT2D eigenvalue weighted by atomic mass is 9.87. The van der Waals surface area contributed by atoms with Crippen molar-refractivity contribution in [3.63, 3.8) is 0 Å².